The van der Waals surface area contributed by atoms with E-state index in [9.17, 15) is 10.1 Å². The van der Waals surface area contributed by atoms with Crippen molar-refractivity contribution in [3.63, 3.8) is 0 Å². The highest BCUT2D eigenvalue weighted by Crippen LogP contribution is 2.44. The Morgan fingerprint density at radius 2 is 1.97 bits per heavy atom. The molecule has 0 unspecified atom stereocenters. The quantitative estimate of drug-likeness (QED) is 0.505. The smallest absolute Gasteiger partial charge is 0.304 e. The Morgan fingerprint density at radius 1 is 1.12 bits per heavy atom. The summed E-state index contributed by atoms with van der Waals surface area (Å²) in [4.78, 5) is 13.2. The van der Waals surface area contributed by atoms with E-state index in [2.05, 4.69) is 29.3 Å². The molecule has 0 bridgehead atoms. The van der Waals surface area contributed by atoms with Crippen molar-refractivity contribution in [1.29, 1.82) is 5.26 Å². The molecule has 0 aliphatic carbocycles. The van der Waals surface area contributed by atoms with Crippen LogP contribution in [0.15, 0.2) is 60.7 Å². The van der Waals surface area contributed by atoms with Gasteiger partial charge in [0, 0.05) is 41.0 Å². The third kappa shape index (κ3) is 3.99. The minimum Gasteiger partial charge on any atom is -0.493 e. The van der Waals surface area contributed by atoms with Gasteiger partial charge in [-0.2, -0.15) is 5.26 Å². The maximum absolute atomic E-state index is 11.1. The molecule has 2 heterocycles. The molecule has 3 aromatic carbocycles. The standard InChI is InChI=1S/C27H25N3O4/c1-2-30(20-6-3-5-17(11-20)14-28)24-8-4-7-22-23(16-34-27(22)24)29-19-9-10-21-18(12-26(31)32)15-33-25(21)13-19/h3-11,13,18,23,29H,2,12,15-16H2,1H3,(H,31,32)/t18-,23-/m1/s1. The highest BCUT2D eigenvalue weighted by Gasteiger charge is 2.30. The number of ether oxygens (including phenoxy) is 2. The van der Waals surface area contributed by atoms with Crippen molar-refractivity contribution in [2.45, 2.75) is 25.3 Å². The maximum atomic E-state index is 11.1. The molecule has 2 atom stereocenters. The monoisotopic (exact) mass is 455 g/mol. The number of benzene rings is 3. The van der Waals surface area contributed by atoms with Gasteiger partial charge in [0.2, 0.25) is 0 Å². The number of carbonyl (C=O) groups is 1. The number of fused-ring (bicyclic) bond motifs is 2. The molecule has 0 radical (unpaired) electrons. The van der Waals surface area contributed by atoms with Gasteiger partial charge in [-0.05, 0) is 37.3 Å². The summed E-state index contributed by atoms with van der Waals surface area (Å²) in [5.74, 6) is 0.640. The lowest BCUT2D eigenvalue weighted by atomic mass is 9.97. The number of nitriles is 1. The zero-order chi connectivity index (χ0) is 23.7. The molecular weight excluding hydrogens is 430 g/mol. The molecule has 0 amide bonds. The van der Waals surface area contributed by atoms with E-state index in [0.717, 1.165) is 46.2 Å². The predicted molar refractivity (Wildman–Crippen MR) is 129 cm³/mol. The number of rotatable bonds is 7. The molecule has 7 nitrogen and oxygen atoms in total. The summed E-state index contributed by atoms with van der Waals surface area (Å²) < 4.78 is 11.9. The second-order valence-electron chi connectivity index (χ2n) is 8.47. The third-order valence-corrected chi connectivity index (χ3v) is 6.34. The van der Waals surface area contributed by atoms with Crippen LogP contribution in [0, 0.1) is 11.3 Å². The minimum absolute atomic E-state index is 0.0339. The summed E-state index contributed by atoms with van der Waals surface area (Å²) in [5.41, 5.74) is 5.44. The summed E-state index contributed by atoms with van der Waals surface area (Å²) in [6.45, 7) is 3.68. The Hall–Kier alpha value is -4.18. The predicted octanol–water partition coefficient (Wildman–Crippen LogP) is 5.21. The van der Waals surface area contributed by atoms with E-state index >= 15 is 0 Å². The van der Waals surface area contributed by atoms with Gasteiger partial charge >= 0.3 is 5.97 Å². The summed E-state index contributed by atoms with van der Waals surface area (Å²) in [6.07, 6.45) is 0.0671. The average molecular weight is 456 g/mol. The van der Waals surface area contributed by atoms with Crippen LogP contribution in [0.1, 0.15) is 42.0 Å². The van der Waals surface area contributed by atoms with Crippen molar-refractivity contribution < 1.29 is 19.4 Å². The second kappa shape index (κ2) is 8.99. The van der Waals surface area contributed by atoms with E-state index in [1.807, 2.05) is 48.5 Å². The Morgan fingerprint density at radius 3 is 2.76 bits per heavy atom. The largest absolute Gasteiger partial charge is 0.493 e. The number of nitrogens with zero attached hydrogens (tertiary/aromatic N) is 2. The SMILES string of the molecule is CCN(c1cccc(C#N)c1)c1cccc2c1OC[C@H]2Nc1ccc2c(c1)OC[C@H]2CC(=O)O. The molecular formula is C27H25N3O4. The van der Waals surface area contributed by atoms with Gasteiger partial charge in [-0.25, -0.2) is 0 Å². The molecule has 2 aliphatic rings. The third-order valence-electron chi connectivity index (χ3n) is 6.34. The Kier molecular flexibility index (Phi) is 5.72. The lowest BCUT2D eigenvalue weighted by Gasteiger charge is -2.25. The van der Waals surface area contributed by atoms with Gasteiger partial charge in [-0.15, -0.1) is 0 Å². The molecule has 0 saturated heterocycles. The molecule has 5 rings (SSSR count). The molecule has 0 saturated carbocycles. The van der Waals surface area contributed by atoms with Crippen LogP contribution in [-0.2, 0) is 4.79 Å². The maximum Gasteiger partial charge on any atom is 0.304 e. The first-order valence-corrected chi connectivity index (χ1v) is 11.4. The van der Waals surface area contributed by atoms with Crippen molar-refractivity contribution in [1.82, 2.24) is 0 Å². The van der Waals surface area contributed by atoms with Gasteiger partial charge in [0.1, 0.15) is 18.1 Å². The van der Waals surface area contributed by atoms with E-state index in [0.29, 0.717) is 18.8 Å². The lowest BCUT2D eigenvalue weighted by molar-refractivity contribution is -0.137. The molecule has 0 fully saturated rings. The highest BCUT2D eigenvalue weighted by atomic mass is 16.5. The van der Waals surface area contributed by atoms with E-state index in [1.165, 1.54) is 0 Å². The summed E-state index contributed by atoms with van der Waals surface area (Å²) in [6, 6.07) is 21.7. The van der Waals surface area contributed by atoms with Crippen LogP contribution < -0.4 is 19.7 Å². The van der Waals surface area contributed by atoms with Gasteiger partial charge in [0.25, 0.3) is 0 Å². The summed E-state index contributed by atoms with van der Waals surface area (Å²) in [7, 11) is 0. The van der Waals surface area contributed by atoms with E-state index in [1.54, 1.807) is 6.07 Å². The molecule has 2 N–H and O–H groups in total. The van der Waals surface area contributed by atoms with Crippen molar-refractivity contribution in [2.24, 2.45) is 0 Å². The molecule has 0 spiro atoms. The fourth-order valence-electron chi connectivity index (χ4n) is 4.75. The first kappa shape index (κ1) is 21.7. The van der Waals surface area contributed by atoms with Gasteiger partial charge in [-0.3, -0.25) is 4.79 Å². The molecule has 172 valence electrons. The van der Waals surface area contributed by atoms with Crippen molar-refractivity contribution >= 4 is 23.0 Å². The van der Waals surface area contributed by atoms with Crippen molar-refractivity contribution in [2.75, 3.05) is 30.0 Å². The number of nitrogens with one attached hydrogen (secondary N) is 1. The van der Waals surface area contributed by atoms with Crippen molar-refractivity contribution in [3.8, 4) is 17.6 Å². The summed E-state index contributed by atoms with van der Waals surface area (Å²) >= 11 is 0. The zero-order valence-electron chi connectivity index (χ0n) is 18.8. The number of anilines is 3. The van der Waals surface area contributed by atoms with Crippen LogP contribution >= 0.6 is 0 Å². The number of hydrogen-bond donors (Lipinski definition) is 2. The van der Waals surface area contributed by atoms with Gasteiger partial charge in [0.15, 0.2) is 0 Å². The summed E-state index contributed by atoms with van der Waals surface area (Å²) in [5, 5.41) is 21.9. The number of para-hydroxylation sites is 1. The topological polar surface area (TPSA) is 94.8 Å². The van der Waals surface area contributed by atoms with E-state index in [-0.39, 0.29) is 18.4 Å². The van der Waals surface area contributed by atoms with Crippen LogP contribution in [0.3, 0.4) is 0 Å². The van der Waals surface area contributed by atoms with Crippen LogP contribution in [-0.4, -0.2) is 30.8 Å². The molecule has 3 aromatic rings. The molecule has 2 aliphatic heterocycles. The average Bonchev–Trinajstić information content (AvgIpc) is 3.44. The number of hydrogen-bond acceptors (Lipinski definition) is 6. The Balaban J connectivity index is 1.39. The number of carboxylic acids is 1. The van der Waals surface area contributed by atoms with Crippen LogP contribution in [0.5, 0.6) is 11.5 Å². The van der Waals surface area contributed by atoms with Crippen LogP contribution in [0.2, 0.25) is 0 Å². The number of aliphatic carboxylic acids is 1. The fraction of sp³-hybridized carbons (Fsp3) is 0.259. The first-order valence-electron chi connectivity index (χ1n) is 11.4. The first-order chi connectivity index (χ1) is 16.6. The zero-order valence-corrected chi connectivity index (χ0v) is 18.8. The van der Waals surface area contributed by atoms with Gasteiger partial charge in [-0.1, -0.05) is 24.3 Å². The van der Waals surface area contributed by atoms with Crippen LogP contribution in [0.4, 0.5) is 17.1 Å². The lowest BCUT2D eigenvalue weighted by Crippen LogP contribution is -2.16. The van der Waals surface area contributed by atoms with E-state index in [4.69, 9.17) is 14.6 Å². The van der Waals surface area contributed by atoms with Gasteiger partial charge < -0.3 is 24.8 Å². The van der Waals surface area contributed by atoms with Crippen LogP contribution in [0.25, 0.3) is 0 Å². The molecule has 0 aromatic heterocycles. The Bertz CT molecular complexity index is 1280. The second-order valence-corrected chi connectivity index (χ2v) is 8.47. The fourth-order valence-corrected chi connectivity index (χ4v) is 4.75. The Labute approximate surface area is 198 Å². The van der Waals surface area contributed by atoms with Crippen molar-refractivity contribution in [3.05, 3.63) is 77.4 Å². The van der Waals surface area contributed by atoms with E-state index < -0.39 is 5.97 Å². The molecule has 7 heteroatoms. The number of carboxylic acid groups (broad SMARTS) is 1. The van der Waals surface area contributed by atoms with Gasteiger partial charge in [0.05, 0.1) is 36.4 Å². The molecule has 34 heavy (non-hydrogen) atoms. The highest BCUT2D eigenvalue weighted by molar-refractivity contribution is 5.73. The minimum atomic E-state index is -0.820. The normalized spacial score (nSPS) is 17.6.